The maximum absolute atomic E-state index is 5.15. The number of aromatic nitrogens is 2. The molecule has 2 rings (SSSR count). The summed E-state index contributed by atoms with van der Waals surface area (Å²) < 4.78 is 2.12. The summed E-state index contributed by atoms with van der Waals surface area (Å²) in [7, 11) is 0. The van der Waals surface area contributed by atoms with Crippen molar-refractivity contribution < 1.29 is 4.84 Å². The molecule has 0 atom stereocenters. The zero-order valence-electron chi connectivity index (χ0n) is 10.2. The number of imidazole rings is 1. The molecule has 0 spiro atoms. The Labute approximate surface area is 101 Å². The number of rotatable bonds is 5. The zero-order valence-corrected chi connectivity index (χ0v) is 10.2. The first-order chi connectivity index (χ1) is 8.33. The van der Waals surface area contributed by atoms with Crippen molar-refractivity contribution in [3.8, 4) is 5.69 Å². The molecule has 2 aromatic rings. The summed E-state index contributed by atoms with van der Waals surface area (Å²) in [4.78, 5) is 9.49. The van der Waals surface area contributed by atoms with E-state index < -0.39 is 0 Å². The number of nitrogens with one attached hydrogen (secondary N) is 1. The van der Waals surface area contributed by atoms with Crippen molar-refractivity contribution in [2.24, 2.45) is 0 Å². The maximum Gasteiger partial charge on any atom is 0.110 e. The molecule has 0 unspecified atom stereocenters. The third-order valence-corrected chi connectivity index (χ3v) is 2.53. The van der Waals surface area contributed by atoms with Crippen molar-refractivity contribution in [3.05, 3.63) is 48.0 Å². The molecule has 17 heavy (non-hydrogen) atoms. The van der Waals surface area contributed by atoms with Crippen molar-refractivity contribution in [1.29, 1.82) is 0 Å². The Hall–Kier alpha value is -1.65. The average molecular weight is 231 g/mol. The first-order valence-corrected chi connectivity index (χ1v) is 5.76. The van der Waals surface area contributed by atoms with Crippen LogP contribution < -0.4 is 5.48 Å². The molecule has 4 heteroatoms. The normalized spacial score (nSPS) is 10.7. The Balaban J connectivity index is 2.24. The molecule has 0 saturated heterocycles. The third kappa shape index (κ3) is 2.72. The summed E-state index contributed by atoms with van der Waals surface area (Å²) in [5, 5.41) is 0. The topological polar surface area (TPSA) is 39.1 Å². The van der Waals surface area contributed by atoms with Gasteiger partial charge in [0.15, 0.2) is 0 Å². The van der Waals surface area contributed by atoms with Crippen LogP contribution in [0.1, 0.15) is 18.4 Å². The highest BCUT2D eigenvalue weighted by Crippen LogP contribution is 2.14. The zero-order chi connectivity index (χ0) is 12.1. The van der Waals surface area contributed by atoms with E-state index in [1.807, 2.05) is 38.2 Å². The van der Waals surface area contributed by atoms with Gasteiger partial charge in [0.1, 0.15) is 5.82 Å². The van der Waals surface area contributed by atoms with Crippen molar-refractivity contribution >= 4 is 0 Å². The molecule has 0 radical (unpaired) electrons. The molecule has 90 valence electrons. The molecule has 1 heterocycles. The Morgan fingerprint density at radius 2 is 2.06 bits per heavy atom. The van der Waals surface area contributed by atoms with Crippen molar-refractivity contribution in [2.75, 3.05) is 6.61 Å². The fraction of sp³-hybridized carbons (Fsp3) is 0.308. The van der Waals surface area contributed by atoms with Gasteiger partial charge >= 0.3 is 0 Å². The average Bonchev–Trinajstić information content (AvgIpc) is 2.72. The van der Waals surface area contributed by atoms with Gasteiger partial charge in [-0.2, -0.15) is 5.48 Å². The van der Waals surface area contributed by atoms with Crippen molar-refractivity contribution in [1.82, 2.24) is 15.0 Å². The number of benzene rings is 1. The molecule has 0 fully saturated rings. The second-order valence-corrected chi connectivity index (χ2v) is 3.72. The van der Waals surface area contributed by atoms with Crippen LogP contribution in [-0.4, -0.2) is 16.2 Å². The lowest BCUT2D eigenvalue weighted by atomic mass is 10.3. The molecule has 0 aliphatic heterocycles. The van der Waals surface area contributed by atoms with E-state index in [0.29, 0.717) is 13.2 Å². The monoisotopic (exact) mass is 231 g/mol. The van der Waals surface area contributed by atoms with E-state index in [1.165, 1.54) is 0 Å². The van der Waals surface area contributed by atoms with Crippen LogP contribution in [0.2, 0.25) is 0 Å². The van der Waals surface area contributed by atoms with Gasteiger partial charge in [-0.1, -0.05) is 18.2 Å². The molecule has 0 amide bonds. The van der Waals surface area contributed by atoms with Crippen LogP contribution in [0.4, 0.5) is 0 Å². The maximum atomic E-state index is 5.15. The van der Waals surface area contributed by atoms with E-state index in [2.05, 4.69) is 27.2 Å². The van der Waals surface area contributed by atoms with E-state index in [1.54, 1.807) is 0 Å². The fourth-order valence-electron chi connectivity index (χ4n) is 1.77. The predicted molar refractivity (Wildman–Crippen MR) is 66.8 cm³/mol. The smallest absolute Gasteiger partial charge is 0.110 e. The van der Waals surface area contributed by atoms with Crippen LogP contribution in [0.3, 0.4) is 0 Å². The summed E-state index contributed by atoms with van der Waals surface area (Å²) in [6.45, 7) is 5.24. The largest absolute Gasteiger partial charge is 0.302 e. The van der Waals surface area contributed by atoms with Gasteiger partial charge in [-0.05, 0) is 26.0 Å². The van der Waals surface area contributed by atoms with Crippen LogP contribution in [0.25, 0.3) is 5.69 Å². The molecule has 0 aliphatic carbocycles. The van der Waals surface area contributed by atoms with Gasteiger partial charge in [0.25, 0.3) is 0 Å². The molecular weight excluding hydrogens is 214 g/mol. The summed E-state index contributed by atoms with van der Waals surface area (Å²) >= 11 is 0. The second-order valence-electron chi connectivity index (χ2n) is 3.72. The Morgan fingerprint density at radius 1 is 1.29 bits per heavy atom. The predicted octanol–water partition coefficient (Wildman–Crippen LogP) is 2.22. The number of aryl methyl sites for hydroxylation is 1. The summed E-state index contributed by atoms with van der Waals surface area (Å²) in [5.74, 6) is 0.976. The van der Waals surface area contributed by atoms with Crippen molar-refractivity contribution in [3.63, 3.8) is 0 Å². The highest BCUT2D eigenvalue weighted by atomic mass is 16.6. The minimum absolute atomic E-state index is 0.642. The first-order valence-electron chi connectivity index (χ1n) is 5.76. The van der Waals surface area contributed by atoms with Gasteiger partial charge in [0, 0.05) is 5.69 Å². The van der Waals surface area contributed by atoms with Gasteiger partial charge in [0.05, 0.1) is 25.0 Å². The number of para-hydroxylation sites is 1. The van der Waals surface area contributed by atoms with Gasteiger partial charge in [-0.25, -0.2) is 4.98 Å². The quantitative estimate of drug-likeness (QED) is 0.633. The number of hydrogen-bond acceptors (Lipinski definition) is 3. The molecule has 0 aliphatic rings. The molecule has 1 N–H and O–H groups in total. The minimum Gasteiger partial charge on any atom is -0.302 e. The lowest BCUT2D eigenvalue weighted by Gasteiger charge is -2.10. The highest BCUT2D eigenvalue weighted by Gasteiger charge is 2.07. The fourth-order valence-corrected chi connectivity index (χ4v) is 1.77. The van der Waals surface area contributed by atoms with E-state index in [4.69, 9.17) is 4.84 Å². The summed E-state index contributed by atoms with van der Waals surface area (Å²) in [5.41, 5.74) is 5.12. The van der Waals surface area contributed by atoms with Crippen LogP contribution in [0, 0.1) is 6.92 Å². The minimum atomic E-state index is 0.642. The molecule has 0 bridgehead atoms. The van der Waals surface area contributed by atoms with Crippen LogP contribution in [-0.2, 0) is 11.4 Å². The molecule has 1 aromatic heterocycles. The molecular formula is C13H17N3O. The standard InChI is InChI=1S/C13H17N3O/c1-3-17-15-10-13-9-14-11(2)16(13)12-7-5-4-6-8-12/h4-9,15H,3,10H2,1-2H3. The summed E-state index contributed by atoms with van der Waals surface area (Å²) in [6.07, 6.45) is 1.87. The van der Waals surface area contributed by atoms with Gasteiger partial charge in [-0.15, -0.1) is 0 Å². The van der Waals surface area contributed by atoms with E-state index in [-0.39, 0.29) is 0 Å². The number of hydroxylamine groups is 1. The third-order valence-electron chi connectivity index (χ3n) is 2.53. The van der Waals surface area contributed by atoms with Gasteiger partial charge < -0.3 is 4.84 Å². The van der Waals surface area contributed by atoms with E-state index >= 15 is 0 Å². The first kappa shape index (κ1) is 11.8. The molecule has 0 saturated carbocycles. The van der Waals surface area contributed by atoms with Gasteiger partial charge in [-0.3, -0.25) is 4.57 Å². The Morgan fingerprint density at radius 3 is 2.76 bits per heavy atom. The van der Waals surface area contributed by atoms with Gasteiger partial charge in [0.2, 0.25) is 0 Å². The Kier molecular flexibility index (Phi) is 3.90. The van der Waals surface area contributed by atoms with Crippen LogP contribution in [0.5, 0.6) is 0 Å². The molecule has 4 nitrogen and oxygen atoms in total. The number of hydrogen-bond donors (Lipinski definition) is 1. The van der Waals surface area contributed by atoms with E-state index in [0.717, 1.165) is 17.2 Å². The highest BCUT2D eigenvalue weighted by molar-refractivity contribution is 5.35. The van der Waals surface area contributed by atoms with Crippen LogP contribution >= 0.6 is 0 Å². The summed E-state index contributed by atoms with van der Waals surface area (Å²) in [6, 6.07) is 10.2. The van der Waals surface area contributed by atoms with Crippen LogP contribution in [0.15, 0.2) is 36.5 Å². The SMILES string of the molecule is CCONCc1cnc(C)n1-c1ccccc1. The molecule has 1 aromatic carbocycles. The Bertz CT molecular complexity index is 465. The number of nitrogens with zero attached hydrogens (tertiary/aromatic N) is 2. The second kappa shape index (κ2) is 5.61. The lowest BCUT2D eigenvalue weighted by molar-refractivity contribution is 0.0453. The van der Waals surface area contributed by atoms with Crippen molar-refractivity contribution in [2.45, 2.75) is 20.4 Å². The lowest BCUT2D eigenvalue weighted by Crippen LogP contribution is -2.16. The van der Waals surface area contributed by atoms with E-state index in [9.17, 15) is 0 Å².